The van der Waals surface area contributed by atoms with Crippen LogP contribution in [0.5, 0.6) is 0 Å². The van der Waals surface area contributed by atoms with Gasteiger partial charge in [0.2, 0.25) is 0 Å². The number of carbonyl (C=O) groups is 1. The fourth-order valence-corrected chi connectivity index (χ4v) is 2.81. The first-order valence-corrected chi connectivity index (χ1v) is 7.58. The van der Waals surface area contributed by atoms with Crippen molar-refractivity contribution in [3.05, 3.63) is 30.1 Å². The summed E-state index contributed by atoms with van der Waals surface area (Å²) in [6.07, 6.45) is 3.38. The highest BCUT2D eigenvalue weighted by Crippen LogP contribution is 2.42. The Balaban J connectivity index is 2.20. The SMILES string of the molecule is CCOC(=O)C1(Nc2ccc(F)cc2)CCC(C)(C)CC1. The molecule has 0 amide bonds. The van der Waals surface area contributed by atoms with Crippen LogP contribution in [-0.4, -0.2) is 18.1 Å². The number of esters is 1. The van der Waals surface area contributed by atoms with E-state index in [1.54, 1.807) is 12.1 Å². The van der Waals surface area contributed by atoms with Gasteiger partial charge < -0.3 is 10.1 Å². The number of anilines is 1. The normalized spacial score (nSPS) is 19.8. The molecule has 0 radical (unpaired) electrons. The van der Waals surface area contributed by atoms with Crippen molar-refractivity contribution < 1.29 is 13.9 Å². The van der Waals surface area contributed by atoms with Crippen LogP contribution in [-0.2, 0) is 9.53 Å². The first-order chi connectivity index (χ1) is 9.87. The summed E-state index contributed by atoms with van der Waals surface area (Å²) in [5.74, 6) is -0.486. The van der Waals surface area contributed by atoms with Gasteiger partial charge in [-0.25, -0.2) is 9.18 Å². The summed E-state index contributed by atoms with van der Waals surface area (Å²) in [5.41, 5.74) is 0.313. The van der Waals surface area contributed by atoms with E-state index >= 15 is 0 Å². The zero-order valence-electron chi connectivity index (χ0n) is 13.0. The summed E-state index contributed by atoms with van der Waals surface area (Å²) >= 11 is 0. The van der Waals surface area contributed by atoms with Gasteiger partial charge in [-0.3, -0.25) is 0 Å². The van der Waals surface area contributed by atoms with Crippen LogP contribution in [0.1, 0.15) is 46.5 Å². The minimum absolute atomic E-state index is 0.204. The Kier molecular flexibility index (Phi) is 4.55. The number of carbonyl (C=O) groups excluding carboxylic acids is 1. The minimum Gasteiger partial charge on any atom is -0.464 e. The zero-order valence-corrected chi connectivity index (χ0v) is 13.0. The molecule has 1 aromatic rings. The smallest absolute Gasteiger partial charge is 0.331 e. The molecule has 116 valence electrons. The van der Waals surface area contributed by atoms with Gasteiger partial charge in [-0.2, -0.15) is 0 Å². The molecule has 1 aromatic carbocycles. The van der Waals surface area contributed by atoms with Crippen molar-refractivity contribution in [3.8, 4) is 0 Å². The summed E-state index contributed by atoms with van der Waals surface area (Å²) in [4.78, 5) is 12.4. The molecule has 0 unspecified atom stereocenters. The lowest BCUT2D eigenvalue weighted by atomic mass is 9.69. The van der Waals surface area contributed by atoms with E-state index in [2.05, 4.69) is 19.2 Å². The lowest BCUT2D eigenvalue weighted by molar-refractivity contribution is -0.150. The minimum atomic E-state index is -0.691. The van der Waals surface area contributed by atoms with Crippen LogP contribution in [0.3, 0.4) is 0 Å². The third-order valence-corrected chi connectivity index (χ3v) is 4.35. The molecular formula is C17H24FNO2. The van der Waals surface area contributed by atoms with Crippen molar-refractivity contribution in [3.63, 3.8) is 0 Å². The van der Waals surface area contributed by atoms with Gasteiger partial charge in [0, 0.05) is 5.69 Å². The van der Waals surface area contributed by atoms with Gasteiger partial charge in [0.05, 0.1) is 6.61 Å². The summed E-state index contributed by atoms with van der Waals surface area (Å²) in [5, 5.41) is 3.30. The quantitative estimate of drug-likeness (QED) is 0.848. The first kappa shape index (κ1) is 15.8. The van der Waals surface area contributed by atoms with Crippen molar-refractivity contribution in [2.75, 3.05) is 11.9 Å². The van der Waals surface area contributed by atoms with Crippen molar-refractivity contribution in [2.24, 2.45) is 5.41 Å². The number of ether oxygens (including phenoxy) is 1. The molecule has 0 atom stereocenters. The Bertz CT molecular complexity index is 486. The number of halogens is 1. The van der Waals surface area contributed by atoms with Gasteiger partial charge in [0.1, 0.15) is 11.4 Å². The van der Waals surface area contributed by atoms with E-state index in [9.17, 15) is 9.18 Å². The molecule has 1 N–H and O–H groups in total. The fourth-order valence-electron chi connectivity index (χ4n) is 2.81. The molecular weight excluding hydrogens is 269 g/mol. The molecule has 0 heterocycles. The van der Waals surface area contributed by atoms with Crippen LogP contribution < -0.4 is 5.32 Å². The molecule has 0 saturated heterocycles. The van der Waals surface area contributed by atoms with Crippen molar-refractivity contribution in [1.29, 1.82) is 0 Å². The highest BCUT2D eigenvalue weighted by molar-refractivity contribution is 5.84. The molecule has 2 rings (SSSR count). The van der Waals surface area contributed by atoms with E-state index < -0.39 is 5.54 Å². The fraction of sp³-hybridized carbons (Fsp3) is 0.588. The van der Waals surface area contributed by atoms with Crippen molar-refractivity contribution >= 4 is 11.7 Å². The van der Waals surface area contributed by atoms with E-state index in [0.717, 1.165) is 31.4 Å². The molecule has 4 heteroatoms. The molecule has 1 saturated carbocycles. The van der Waals surface area contributed by atoms with E-state index in [-0.39, 0.29) is 17.2 Å². The summed E-state index contributed by atoms with van der Waals surface area (Å²) in [7, 11) is 0. The molecule has 0 bridgehead atoms. The summed E-state index contributed by atoms with van der Waals surface area (Å²) in [6.45, 7) is 6.63. The average molecular weight is 293 g/mol. The molecule has 1 aliphatic carbocycles. The van der Waals surface area contributed by atoms with Crippen molar-refractivity contribution in [2.45, 2.75) is 52.0 Å². The third-order valence-electron chi connectivity index (χ3n) is 4.35. The standard InChI is InChI=1S/C17H24FNO2/c1-4-21-15(20)17(11-9-16(2,3)10-12-17)19-14-7-5-13(18)6-8-14/h5-8,19H,4,9-12H2,1-3H3. The van der Waals surface area contributed by atoms with Gasteiger partial charge in [0.15, 0.2) is 0 Å². The molecule has 0 spiro atoms. The van der Waals surface area contributed by atoms with Crippen LogP contribution in [0.15, 0.2) is 24.3 Å². The molecule has 1 fully saturated rings. The summed E-state index contributed by atoms with van der Waals surface area (Å²) < 4.78 is 18.3. The highest BCUT2D eigenvalue weighted by atomic mass is 19.1. The second-order valence-corrected chi connectivity index (χ2v) is 6.60. The monoisotopic (exact) mass is 293 g/mol. The van der Waals surface area contributed by atoms with Gasteiger partial charge >= 0.3 is 5.97 Å². The molecule has 3 nitrogen and oxygen atoms in total. The molecule has 1 aliphatic rings. The average Bonchev–Trinajstić information content (AvgIpc) is 2.44. The number of nitrogens with one attached hydrogen (secondary N) is 1. The van der Waals surface area contributed by atoms with Crippen LogP contribution in [0.25, 0.3) is 0 Å². The van der Waals surface area contributed by atoms with Crippen LogP contribution >= 0.6 is 0 Å². The Morgan fingerprint density at radius 2 is 1.76 bits per heavy atom. The number of rotatable bonds is 4. The van der Waals surface area contributed by atoms with E-state index in [0.29, 0.717) is 6.61 Å². The van der Waals surface area contributed by atoms with Crippen molar-refractivity contribution in [1.82, 2.24) is 0 Å². The van der Waals surface area contributed by atoms with Gasteiger partial charge in [-0.15, -0.1) is 0 Å². The lowest BCUT2D eigenvalue weighted by Crippen LogP contribution is -2.51. The van der Waals surface area contributed by atoms with E-state index in [1.807, 2.05) is 6.92 Å². The largest absolute Gasteiger partial charge is 0.464 e. The molecule has 21 heavy (non-hydrogen) atoms. The maximum absolute atomic E-state index is 13.0. The Labute approximate surface area is 125 Å². The third kappa shape index (κ3) is 3.74. The Hall–Kier alpha value is -1.58. The first-order valence-electron chi connectivity index (χ1n) is 7.58. The Morgan fingerprint density at radius 3 is 2.29 bits per heavy atom. The second kappa shape index (κ2) is 6.04. The van der Waals surface area contributed by atoms with Crippen LogP contribution in [0.4, 0.5) is 10.1 Å². The molecule has 0 aromatic heterocycles. The lowest BCUT2D eigenvalue weighted by Gasteiger charge is -2.42. The summed E-state index contributed by atoms with van der Waals surface area (Å²) in [6, 6.07) is 6.12. The van der Waals surface area contributed by atoms with Gasteiger partial charge in [-0.05, 0) is 62.3 Å². The maximum Gasteiger partial charge on any atom is 0.331 e. The van der Waals surface area contributed by atoms with Crippen LogP contribution in [0.2, 0.25) is 0 Å². The van der Waals surface area contributed by atoms with Crippen LogP contribution in [0, 0.1) is 11.2 Å². The topological polar surface area (TPSA) is 38.3 Å². The zero-order chi connectivity index (χ0) is 15.5. The van der Waals surface area contributed by atoms with Gasteiger partial charge in [-0.1, -0.05) is 13.8 Å². The molecule has 0 aliphatic heterocycles. The predicted octanol–water partition coefficient (Wildman–Crippen LogP) is 4.14. The maximum atomic E-state index is 13.0. The number of benzene rings is 1. The van der Waals surface area contributed by atoms with E-state index in [1.165, 1.54) is 12.1 Å². The highest BCUT2D eigenvalue weighted by Gasteiger charge is 2.45. The number of hydrogen-bond donors (Lipinski definition) is 1. The Morgan fingerprint density at radius 1 is 1.19 bits per heavy atom. The second-order valence-electron chi connectivity index (χ2n) is 6.60. The van der Waals surface area contributed by atoms with E-state index in [4.69, 9.17) is 4.74 Å². The van der Waals surface area contributed by atoms with Gasteiger partial charge in [0.25, 0.3) is 0 Å². The number of hydrogen-bond acceptors (Lipinski definition) is 3. The predicted molar refractivity (Wildman–Crippen MR) is 81.6 cm³/mol.